The number of nitrogens with two attached hydrogens (primary N) is 1. The number of nitrogen functional groups attached to an aromatic ring is 1. The third-order valence-electron chi connectivity index (χ3n) is 3.33. The smallest absolute Gasteiger partial charge is 0.340 e. The molecule has 132 valence electrons. The van der Waals surface area contributed by atoms with Gasteiger partial charge in [-0.15, -0.1) is 0 Å². The molecule has 0 saturated heterocycles. The molecule has 1 rings (SSSR count). The van der Waals surface area contributed by atoms with Crippen molar-refractivity contribution in [1.29, 1.82) is 0 Å². The molecule has 0 aliphatic rings. The Bertz CT molecular complexity index is 603. The van der Waals surface area contributed by atoms with Crippen molar-refractivity contribution >= 4 is 17.3 Å². The van der Waals surface area contributed by atoms with Gasteiger partial charge < -0.3 is 10.5 Å². The van der Waals surface area contributed by atoms with Crippen molar-refractivity contribution in [2.45, 2.75) is 40.5 Å². The summed E-state index contributed by atoms with van der Waals surface area (Å²) in [5.74, 6) is -0.406. The molecule has 0 heterocycles. The first kappa shape index (κ1) is 19.8. The lowest BCUT2D eigenvalue weighted by Gasteiger charge is -2.11. The van der Waals surface area contributed by atoms with Crippen LogP contribution in [0.4, 0.5) is 11.4 Å². The molecule has 0 aliphatic heterocycles. The molecule has 1 aromatic rings. The van der Waals surface area contributed by atoms with Gasteiger partial charge in [-0.2, -0.15) is 0 Å². The SMILES string of the molecule is CCOC(=O)c1ccc(N)cc1NOC/C=C(\C)CCC=C(C)C. The van der Waals surface area contributed by atoms with Crippen LogP contribution < -0.4 is 11.2 Å². The van der Waals surface area contributed by atoms with Gasteiger partial charge in [0.25, 0.3) is 0 Å². The molecule has 5 heteroatoms. The number of hydrogen-bond donors (Lipinski definition) is 2. The number of anilines is 2. The number of carbonyl (C=O) groups excluding carboxylic acids is 1. The molecule has 0 aliphatic carbocycles. The van der Waals surface area contributed by atoms with E-state index in [1.807, 2.05) is 6.08 Å². The zero-order valence-corrected chi connectivity index (χ0v) is 15.0. The average Bonchev–Trinajstić information content (AvgIpc) is 2.51. The second-order valence-corrected chi connectivity index (χ2v) is 5.81. The Morgan fingerprint density at radius 1 is 1.25 bits per heavy atom. The first-order valence-electron chi connectivity index (χ1n) is 8.17. The highest BCUT2D eigenvalue weighted by Crippen LogP contribution is 2.20. The van der Waals surface area contributed by atoms with Gasteiger partial charge in [-0.25, -0.2) is 4.79 Å². The van der Waals surface area contributed by atoms with E-state index >= 15 is 0 Å². The lowest BCUT2D eigenvalue weighted by molar-refractivity contribution is 0.0526. The molecule has 0 saturated carbocycles. The van der Waals surface area contributed by atoms with E-state index in [4.69, 9.17) is 15.3 Å². The van der Waals surface area contributed by atoms with Crippen LogP contribution in [0, 0.1) is 0 Å². The molecule has 5 nitrogen and oxygen atoms in total. The van der Waals surface area contributed by atoms with Crippen molar-refractivity contribution in [1.82, 2.24) is 0 Å². The van der Waals surface area contributed by atoms with Crippen LogP contribution in [0.2, 0.25) is 0 Å². The number of rotatable bonds is 9. The molecule has 0 bridgehead atoms. The van der Waals surface area contributed by atoms with Crippen molar-refractivity contribution in [2.24, 2.45) is 0 Å². The fraction of sp³-hybridized carbons (Fsp3) is 0.421. The molecule has 0 spiro atoms. The Hall–Kier alpha value is -2.27. The number of carbonyl (C=O) groups is 1. The summed E-state index contributed by atoms with van der Waals surface area (Å²) in [7, 11) is 0. The molecule has 0 atom stereocenters. The predicted octanol–water partition coefficient (Wildman–Crippen LogP) is 4.48. The van der Waals surface area contributed by atoms with E-state index < -0.39 is 5.97 Å². The Morgan fingerprint density at radius 2 is 2.00 bits per heavy atom. The minimum Gasteiger partial charge on any atom is -0.462 e. The van der Waals surface area contributed by atoms with Crippen LogP contribution in [-0.2, 0) is 9.57 Å². The number of esters is 1. The summed E-state index contributed by atoms with van der Waals surface area (Å²) in [6, 6.07) is 4.93. The van der Waals surface area contributed by atoms with E-state index in [2.05, 4.69) is 32.3 Å². The number of nitrogens with one attached hydrogen (secondary N) is 1. The van der Waals surface area contributed by atoms with Crippen molar-refractivity contribution in [3.8, 4) is 0 Å². The molecule has 0 fully saturated rings. The Kier molecular flexibility index (Phi) is 8.65. The summed E-state index contributed by atoms with van der Waals surface area (Å²) in [6.45, 7) is 8.75. The fourth-order valence-corrected chi connectivity index (χ4v) is 2.03. The summed E-state index contributed by atoms with van der Waals surface area (Å²) >= 11 is 0. The van der Waals surface area contributed by atoms with Gasteiger partial charge in [-0.3, -0.25) is 10.3 Å². The van der Waals surface area contributed by atoms with Crippen LogP contribution in [0.1, 0.15) is 50.9 Å². The lowest BCUT2D eigenvalue weighted by Crippen LogP contribution is -2.11. The van der Waals surface area contributed by atoms with Gasteiger partial charge in [-0.05, 0) is 58.7 Å². The average molecular weight is 332 g/mol. The van der Waals surface area contributed by atoms with Gasteiger partial charge >= 0.3 is 5.97 Å². The highest BCUT2D eigenvalue weighted by Gasteiger charge is 2.12. The number of allylic oxidation sites excluding steroid dienone is 3. The molecule has 0 aromatic heterocycles. The topological polar surface area (TPSA) is 73.6 Å². The predicted molar refractivity (Wildman–Crippen MR) is 98.8 cm³/mol. The van der Waals surface area contributed by atoms with E-state index in [1.54, 1.807) is 25.1 Å². The monoisotopic (exact) mass is 332 g/mol. The maximum absolute atomic E-state index is 11.9. The molecule has 24 heavy (non-hydrogen) atoms. The molecule has 0 unspecified atom stereocenters. The van der Waals surface area contributed by atoms with Gasteiger partial charge in [0.05, 0.1) is 24.5 Å². The molecule has 3 N–H and O–H groups in total. The van der Waals surface area contributed by atoms with E-state index in [0.29, 0.717) is 30.2 Å². The summed E-state index contributed by atoms with van der Waals surface area (Å²) in [5, 5.41) is 0. The van der Waals surface area contributed by atoms with Crippen molar-refractivity contribution in [3.63, 3.8) is 0 Å². The van der Waals surface area contributed by atoms with Crippen molar-refractivity contribution < 1.29 is 14.4 Å². The van der Waals surface area contributed by atoms with Crippen LogP contribution in [0.5, 0.6) is 0 Å². The van der Waals surface area contributed by atoms with Crippen LogP contribution in [0.15, 0.2) is 41.5 Å². The third-order valence-corrected chi connectivity index (χ3v) is 3.33. The fourth-order valence-electron chi connectivity index (χ4n) is 2.03. The lowest BCUT2D eigenvalue weighted by atomic mass is 10.1. The van der Waals surface area contributed by atoms with Gasteiger partial charge in [0.1, 0.15) is 0 Å². The van der Waals surface area contributed by atoms with E-state index in [-0.39, 0.29) is 0 Å². The molecular weight excluding hydrogens is 304 g/mol. The Labute approximate surface area is 144 Å². The van der Waals surface area contributed by atoms with Crippen LogP contribution in [0.3, 0.4) is 0 Å². The van der Waals surface area contributed by atoms with Crippen molar-refractivity contribution in [2.75, 3.05) is 24.4 Å². The number of benzene rings is 1. The normalized spacial score (nSPS) is 11.1. The van der Waals surface area contributed by atoms with Crippen LogP contribution in [-0.4, -0.2) is 19.2 Å². The maximum atomic E-state index is 11.9. The highest BCUT2D eigenvalue weighted by molar-refractivity contribution is 5.96. The van der Waals surface area contributed by atoms with Gasteiger partial charge in [0.15, 0.2) is 0 Å². The summed E-state index contributed by atoms with van der Waals surface area (Å²) in [4.78, 5) is 17.4. The van der Waals surface area contributed by atoms with Gasteiger partial charge in [0, 0.05) is 5.69 Å². The summed E-state index contributed by atoms with van der Waals surface area (Å²) in [6.07, 6.45) is 6.26. The van der Waals surface area contributed by atoms with E-state index in [9.17, 15) is 4.79 Å². The molecule has 1 aromatic carbocycles. The highest BCUT2D eigenvalue weighted by atomic mass is 16.6. The van der Waals surface area contributed by atoms with Gasteiger partial charge in [0.2, 0.25) is 0 Å². The quantitative estimate of drug-likeness (QED) is 0.229. The minimum absolute atomic E-state index is 0.317. The van der Waals surface area contributed by atoms with Crippen LogP contribution >= 0.6 is 0 Å². The van der Waals surface area contributed by atoms with Crippen LogP contribution in [0.25, 0.3) is 0 Å². The third kappa shape index (κ3) is 7.33. The Morgan fingerprint density at radius 3 is 2.67 bits per heavy atom. The van der Waals surface area contributed by atoms with Crippen molar-refractivity contribution in [3.05, 3.63) is 47.1 Å². The molecular formula is C19H28N2O3. The van der Waals surface area contributed by atoms with Gasteiger partial charge in [-0.1, -0.05) is 23.3 Å². The Balaban J connectivity index is 2.56. The largest absolute Gasteiger partial charge is 0.462 e. The first-order chi connectivity index (χ1) is 11.4. The van der Waals surface area contributed by atoms with E-state index in [0.717, 1.165) is 12.8 Å². The number of ether oxygens (including phenoxy) is 1. The molecule has 0 amide bonds. The minimum atomic E-state index is -0.406. The van der Waals surface area contributed by atoms with E-state index in [1.165, 1.54) is 11.1 Å². The second-order valence-electron chi connectivity index (χ2n) is 5.81. The maximum Gasteiger partial charge on any atom is 0.340 e. The second kappa shape index (κ2) is 10.5. The molecule has 0 radical (unpaired) electrons. The first-order valence-corrected chi connectivity index (χ1v) is 8.17. The standard InChI is InChI=1S/C19H28N2O3/c1-5-23-19(22)17-10-9-16(20)13-18(17)21-24-12-11-15(4)8-6-7-14(2)3/h7,9-11,13,21H,5-6,8,12,20H2,1-4H3/b15-11+. The summed E-state index contributed by atoms with van der Waals surface area (Å²) < 4.78 is 5.02. The summed E-state index contributed by atoms with van der Waals surface area (Å²) in [5.41, 5.74) is 12.6. The zero-order valence-electron chi connectivity index (χ0n) is 15.0. The number of hydrogen-bond acceptors (Lipinski definition) is 5. The zero-order chi connectivity index (χ0) is 17.9.